The average Bonchev–Trinajstić information content (AvgIpc) is 3.11. The normalized spacial score (nSPS) is 18.9. The first-order valence-corrected chi connectivity index (χ1v) is 10.7. The van der Waals surface area contributed by atoms with Gasteiger partial charge in [-0.3, -0.25) is 9.48 Å². The zero-order valence-electron chi connectivity index (χ0n) is 16.0. The molecule has 1 aromatic heterocycles. The van der Waals surface area contributed by atoms with E-state index in [1.165, 1.54) is 6.08 Å². The molecule has 0 amide bonds. The van der Waals surface area contributed by atoms with E-state index in [0.717, 1.165) is 22.5 Å². The Morgan fingerprint density at radius 1 is 1.30 bits per heavy atom. The van der Waals surface area contributed by atoms with Gasteiger partial charge in [0.15, 0.2) is 15.6 Å². The molecule has 0 aliphatic carbocycles. The zero-order valence-corrected chi connectivity index (χ0v) is 16.8. The number of carbonyl (C=O) groups is 1. The van der Waals surface area contributed by atoms with Gasteiger partial charge in [0, 0.05) is 11.3 Å². The molecule has 27 heavy (non-hydrogen) atoms. The summed E-state index contributed by atoms with van der Waals surface area (Å²) in [5.74, 6) is 0.714. The summed E-state index contributed by atoms with van der Waals surface area (Å²) < 4.78 is 30.6. The van der Waals surface area contributed by atoms with Gasteiger partial charge in [0.2, 0.25) is 0 Å². The summed E-state index contributed by atoms with van der Waals surface area (Å²) in [5, 5.41) is 4.52. The van der Waals surface area contributed by atoms with Gasteiger partial charge in [-0.15, -0.1) is 0 Å². The molecule has 0 bridgehead atoms. The van der Waals surface area contributed by atoms with Crippen LogP contribution < -0.4 is 4.74 Å². The van der Waals surface area contributed by atoms with Crippen molar-refractivity contribution in [1.82, 2.24) is 9.78 Å². The summed E-state index contributed by atoms with van der Waals surface area (Å²) in [7, 11) is -1.44. The zero-order chi connectivity index (χ0) is 19.8. The number of hydrogen-bond acceptors (Lipinski definition) is 5. The van der Waals surface area contributed by atoms with Gasteiger partial charge < -0.3 is 4.74 Å². The highest BCUT2D eigenvalue weighted by molar-refractivity contribution is 7.91. The molecule has 1 aliphatic heterocycles. The molecular formula is C20H24N2O4S. The first-order chi connectivity index (χ1) is 12.7. The van der Waals surface area contributed by atoms with Crippen LogP contribution in [0.4, 0.5) is 0 Å². The second-order valence-electron chi connectivity index (χ2n) is 6.99. The van der Waals surface area contributed by atoms with E-state index in [2.05, 4.69) is 5.10 Å². The Hall–Kier alpha value is -2.41. The Kier molecular flexibility index (Phi) is 5.24. The Morgan fingerprint density at radius 2 is 2.04 bits per heavy atom. The van der Waals surface area contributed by atoms with E-state index < -0.39 is 9.84 Å². The second kappa shape index (κ2) is 7.31. The van der Waals surface area contributed by atoms with Crippen molar-refractivity contribution in [3.8, 4) is 5.75 Å². The van der Waals surface area contributed by atoms with Crippen LogP contribution in [0.3, 0.4) is 0 Å². The van der Waals surface area contributed by atoms with E-state index in [9.17, 15) is 13.2 Å². The smallest absolute Gasteiger partial charge is 0.189 e. The molecule has 6 nitrogen and oxygen atoms in total. The van der Waals surface area contributed by atoms with Crippen molar-refractivity contribution in [2.45, 2.75) is 33.2 Å². The molecule has 0 N–H and O–H groups in total. The molecule has 0 unspecified atom stereocenters. The third-order valence-electron chi connectivity index (χ3n) is 4.96. The molecular weight excluding hydrogens is 364 g/mol. The number of carbonyl (C=O) groups excluding carboxylic acids is 1. The number of sulfone groups is 1. The van der Waals surface area contributed by atoms with Crippen LogP contribution in [0.15, 0.2) is 24.3 Å². The lowest BCUT2D eigenvalue weighted by Crippen LogP contribution is -2.13. The van der Waals surface area contributed by atoms with Crippen molar-refractivity contribution in [2.75, 3.05) is 18.6 Å². The molecule has 0 spiro atoms. The minimum atomic E-state index is -2.98. The molecule has 2 heterocycles. The highest BCUT2D eigenvalue weighted by atomic mass is 32.2. The van der Waals surface area contributed by atoms with Gasteiger partial charge in [0.05, 0.1) is 35.9 Å². The van der Waals surface area contributed by atoms with Gasteiger partial charge in [0.1, 0.15) is 5.75 Å². The maximum atomic E-state index is 12.6. The van der Waals surface area contributed by atoms with Gasteiger partial charge >= 0.3 is 0 Å². The fourth-order valence-corrected chi connectivity index (χ4v) is 5.20. The molecule has 1 aromatic carbocycles. The fraction of sp³-hybridized carbons (Fsp3) is 0.400. The molecule has 144 valence electrons. The summed E-state index contributed by atoms with van der Waals surface area (Å²) in [5.41, 5.74) is 3.99. The number of rotatable bonds is 5. The molecule has 2 aromatic rings. The predicted octanol–water partition coefficient (Wildman–Crippen LogP) is 3.07. The van der Waals surface area contributed by atoms with E-state index in [-0.39, 0.29) is 23.3 Å². The lowest BCUT2D eigenvalue weighted by Gasteiger charge is -2.11. The molecule has 7 heteroatoms. The van der Waals surface area contributed by atoms with Gasteiger partial charge in [-0.25, -0.2) is 8.42 Å². The van der Waals surface area contributed by atoms with Crippen LogP contribution in [0.25, 0.3) is 6.08 Å². The Morgan fingerprint density at radius 3 is 2.67 bits per heavy atom. The molecule has 0 radical (unpaired) electrons. The lowest BCUT2D eigenvalue weighted by atomic mass is 10.0. The van der Waals surface area contributed by atoms with Crippen LogP contribution in [-0.4, -0.2) is 42.6 Å². The summed E-state index contributed by atoms with van der Waals surface area (Å²) in [4.78, 5) is 12.6. The largest absolute Gasteiger partial charge is 0.496 e. The second-order valence-corrected chi connectivity index (χ2v) is 9.22. The van der Waals surface area contributed by atoms with Crippen molar-refractivity contribution in [3.05, 3.63) is 52.4 Å². The van der Waals surface area contributed by atoms with E-state index in [1.54, 1.807) is 30.0 Å². The topological polar surface area (TPSA) is 78.3 Å². The molecule has 0 saturated carbocycles. The van der Waals surface area contributed by atoms with Gasteiger partial charge in [-0.05, 0) is 51.5 Å². The summed E-state index contributed by atoms with van der Waals surface area (Å²) >= 11 is 0. The van der Waals surface area contributed by atoms with Crippen molar-refractivity contribution in [2.24, 2.45) is 0 Å². The lowest BCUT2D eigenvalue weighted by molar-refractivity contribution is 0.104. The van der Waals surface area contributed by atoms with Crippen molar-refractivity contribution < 1.29 is 17.9 Å². The van der Waals surface area contributed by atoms with Gasteiger partial charge in [0.25, 0.3) is 0 Å². The van der Waals surface area contributed by atoms with Crippen LogP contribution in [0.2, 0.25) is 0 Å². The van der Waals surface area contributed by atoms with E-state index in [4.69, 9.17) is 4.74 Å². The minimum Gasteiger partial charge on any atom is -0.496 e. The first-order valence-electron chi connectivity index (χ1n) is 8.85. The van der Waals surface area contributed by atoms with Gasteiger partial charge in [-0.1, -0.05) is 11.6 Å². The van der Waals surface area contributed by atoms with Gasteiger partial charge in [-0.2, -0.15) is 5.10 Å². The molecule has 1 saturated heterocycles. The van der Waals surface area contributed by atoms with Crippen molar-refractivity contribution in [3.63, 3.8) is 0 Å². The van der Waals surface area contributed by atoms with Crippen molar-refractivity contribution in [1.29, 1.82) is 0 Å². The maximum Gasteiger partial charge on any atom is 0.189 e. The number of methoxy groups -OCH3 is 1. The Labute approximate surface area is 159 Å². The molecule has 3 rings (SSSR count). The van der Waals surface area contributed by atoms with E-state index >= 15 is 0 Å². The molecule has 1 fully saturated rings. The number of aryl methyl sites for hydroxylation is 2. The Bertz CT molecular complexity index is 1020. The molecule has 1 aliphatic rings. The number of ether oxygens (including phenoxy) is 1. The fourth-order valence-electron chi connectivity index (χ4n) is 3.50. The number of nitrogens with zero attached hydrogens (tertiary/aromatic N) is 2. The highest BCUT2D eigenvalue weighted by Crippen LogP contribution is 2.27. The maximum absolute atomic E-state index is 12.6. The number of aromatic nitrogens is 2. The SMILES string of the molecule is COc1ccc(C)cc1C(=O)/C=C/c1c(C)nn([C@@H]2CCS(=O)(=O)C2)c1C. The number of hydrogen-bond donors (Lipinski definition) is 0. The van der Waals surface area contributed by atoms with Crippen LogP contribution >= 0.6 is 0 Å². The van der Waals surface area contributed by atoms with Crippen LogP contribution in [0.5, 0.6) is 5.75 Å². The van der Waals surface area contributed by atoms with E-state index in [0.29, 0.717) is 17.7 Å². The summed E-state index contributed by atoms with van der Waals surface area (Å²) in [6.45, 7) is 5.70. The van der Waals surface area contributed by atoms with E-state index in [1.807, 2.05) is 26.8 Å². The summed E-state index contributed by atoms with van der Waals surface area (Å²) in [6.07, 6.45) is 3.85. The average molecular weight is 388 g/mol. The van der Waals surface area contributed by atoms with Crippen molar-refractivity contribution >= 4 is 21.7 Å². The van der Waals surface area contributed by atoms with Crippen LogP contribution in [0, 0.1) is 20.8 Å². The number of benzene rings is 1. The van der Waals surface area contributed by atoms with Crippen LogP contribution in [0.1, 0.15) is 45.3 Å². The minimum absolute atomic E-state index is 0.123. The van der Waals surface area contributed by atoms with Crippen LogP contribution in [-0.2, 0) is 9.84 Å². The quantitative estimate of drug-likeness (QED) is 0.581. The monoisotopic (exact) mass is 388 g/mol. The Balaban J connectivity index is 1.88. The number of ketones is 1. The molecule has 1 atom stereocenters. The third kappa shape index (κ3) is 3.98. The predicted molar refractivity (Wildman–Crippen MR) is 105 cm³/mol. The number of allylic oxidation sites excluding steroid dienone is 1. The standard InChI is InChI=1S/C20H24N2O4S/c1-13-5-8-20(26-4)18(11-13)19(23)7-6-17-14(2)21-22(15(17)3)16-9-10-27(24,25)12-16/h5-8,11,16H,9-10,12H2,1-4H3/b7-6+/t16-/m1/s1. The highest BCUT2D eigenvalue weighted by Gasteiger charge is 2.31. The summed E-state index contributed by atoms with van der Waals surface area (Å²) in [6, 6.07) is 5.35. The first kappa shape index (κ1) is 19.4. The third-order valence-corrected chi connectivity index (χ3v) is 6.71.